The topological polar surface area (TPSA) is 29.1 Å². The van der Waals surface area contributed by atoms with E-state index in [1.807, 2.05) is 25.1 Å². The number of amides is 1. The Morgan fingerprint density at radius 3 is 2.67 bits per heavy atom. The van der Waals surface area contributed by atoms with Crippen LogP contribution in [-0.2, 0) is 0 Å². The smallest absolute Gasteiger partial charge is 0.251 e. The molecule has 3 heteroatoms. The fraction of sp³-hybridized carbons (Fsp3) is 0.611. The molecule has 3 atom stereocenters. The highest BCUT2D eigenvalue weighted by Crippen LogP contribution is 2.33. The van der Waals surface area contributed by atoms with Gasteiger partial charge in [0.2, 0.25) is 0 Å². The van der Waals surface area contributed by atoms with Crippen molar-refractivity contribution in [3.8, 4) is 0 Å². The molecule has 116 valence electrons. The maximum Gasteiger partial charge on any atom is 0.251 e. The summed E-state index contributed by atoms with van der Waals surface area (Å²) in [6.45, 7) is 8.85. The van der Waals surface area contributed by atoms with Gasteiger partial charge in [-0.2, -0.15) is 0 Å². The Morgan fingerprint density at radius 1 is 1.33 bits per heavy atom. The standard InChI is InChI=1S/C18H26BrNO/c1-11(2)15-8-5-12(3)9-17(15)20-18(21)14-7-6-13(4)16(19)10-14/h6-7,10-12,15,17H,5,8-9H2,1-4H3,(H,20,21). The van der Waals surface area contributed by atoms with Crippen LogP contribution in [-0.4, -0.2) is 11.9 Å². The summed E-state index contributed by atoms with van der Waals surface area (Å²) in [5.74, 6) is 1.97. The number of nitrogens with one attached hydrogen (secondary N) is 1. The molecule has 21 heavy (non-hydrogen) atoms. The summed E-state index contributed by atoms with van der Waals surface area (Å²) >= 11 is 3.50. The number of benzene rings is 1. The fourth-order valence-corrected chi connectivity index (χ4v) is 3.73. The van der Waals surface area contributed by atoms with Gasteiger partial charge in [-0.1, -0.05) is 49.2 Å². The number of halogens is 1. The van der Waals surface area contributed by atoms with E-state index in [2.05, 4.69) is 42.0 Å². The minimum atomic E-state index is 0.0560. The average molecular weight is 352 g/mol. The van der Waals surface area contributed by atoms with Crippen LogP contribution in [0.4, 0.5) is 0 Å². The third-order valence-electron chi connectivity index (χ3n) is 4.77. The molecule has 0 bridgehead atoms. The average Bonchev–Trinajstić information content (AvgIpc) is 2.41. The van der Waals surface area contributed by atoms with Crippen LogP contribution in [0.3, 0.4) is 0 Å². The van der Waals surface area contributed by atoms with Gasteiger partial charge in [-0.05, 0) is 55.2 Å². The number of aryl methyl sites for hydroxylation is 1. The van der Waals surface area contributed by atoms with Crippen LogP contribution in [0.1, 0.15) is 56.0 Å². The van der Waals surface area contributed by atoms with Crippen LogP contribution in [0.15, 0.2) is 22.7 Å². The normalized spacial score (nSPS) is 25.9. The molecular formula is C18H26BrNO. The van der Waals surface area contributed by atoms with E-state index in [9.17, 15) is 4.79 Å². The maximum absolute atomic E-state index is 12.5. The highest BCUT2D eigenvalue weighted by atomic mass is 79.9. The van der Waals surface area contributed by atoms with E-state index in [0.717, 1.165) is 22.0 Å². The van der Waals surface area contributed by atoms with E-state index in [-0.39, 0.29) is 5.91 Å². The highest BCUT2D eigenvalue weighted by molar-refractivity contribution is 9.10. The van der Waals surface area contributed by atoms with E-state index in [0.29, 0.717) is 23.8 Å². The Labute approximate surface area is 136 Å². The summed E-state index contributed by atoms with van der Waals surface area (Å²) in [6, 6.07) is 6.12. The molecule has 1 aliphatic rings. The second kappa shape index (κ2) is 6.95. The zero-order chi connectivity index (χ0) is 15.6. The lowest BCUT2D eigenvalue weighted by molar-refractivity contribution is 0.0868. The van der Waals surface area contributed by atoms with E-state index in [4.69, 9.17) is 0 Å². The van der Waals surface area contributed by atoms with Gasteiger partial charge in [0.15, 0.2) is 0 Å². The molecule has 0 spiro atoms. The Kier molecular flexibility index (Phi) is 5.48. The predicted molar refractivity (Wildman–Crippen MR) is 91.5 cm³/mol. The number of hydrogen-bond acceptors (Lipinski definition) is 1. The first kappa shape index (κ1) is 16.5. The summed E-state index contributed by atoms with van der Waals surface area (Å²) in [5.41, 5.74) is 1.89. The Balaban J connectivity index is 2.10. The number of carbonyl (C=O) groups is 1. The monoisotopic (exact) mass is 351 g/mol. The molecule has 0 aromatic heterocycles. The summed E-state index contributed by atoms with van der Waals surface area (Å²) in [7, 11) is 0. The van der Waals surface area contributed by atoms with Gasteiger partial charge >= 0.3 is 0 Å². The molecule has 0 heterocycles. The van der Waals surface area contributed by atoms with E-state index < -0.39 is 0 Å². The van der Waals surface area contributed by atoms with Gasteiger partial charge in [0.05, 0.1) is 0 Å². The summed E-state index contributed by atoms with van der Waals surface area (Å²) in [6.07, 6.45) is 3.61. The highest BCUT2D eigenvalue weighted by Gasteiger charge is 2.31. The Hall–Kier alpha value is -0.830. The second-order valence-corrected chi connectivity index (χ2v) is 7.72. The van der Waals surface area contributed by atoms with Crippen LogP contribution in [0, 0.1) is 24.7 Å². The SMILES string of the molecule is Cc1ccc(C(=O)NC2CC(C)CCC2C(C)C)cc1Br. The molecule has 3 unspecified atom stereocenters. The first-order chi connectivity index (χ1) is 9.88. The van der Waals surface area contributed by atoms with Crippen molar-refractivity contribution in [1.82, 2.24) is 5.32 Å². The van der Waals surface area contributed by atoms with Crippen LogP contribution in [0.2, 0.25) is 0 Å². The van der Waals surface area contributed by atoms with E-state index >= 15 is 0 Å². The lowest BCUT2D eigenvalue weighted by Gasteiger charge is -2.37. The molecule has 2 rings (SSSR count). The zero-order valence-electron chi connectivity index (χ0n) is 13.4. The molecule has 0 aliphatic heterocycles. The van der Waals surface area contributed by atoms with Crippen molar-refractivity contribution in [3.05, 3.63) is 33.8 Å². The number of rotatable bonds is 3. The summed E-state index contributed by atoms with van der Waals surface area (Å²) in [4.78, 5) is 12.5. The fourth-order valence-electron chi connectivity index (χ4n) is 3.35. The number of carbonyl (C=O) groups excluding carboxylic acids is 1. The number of hydrogen-bond donors (Lipinski definition) is 1. The molecule has 1 saturated carbocycles. The molecule has 1 amide bonds. The lowest BCUT2D eigenvalue weighted by Crippen LogP contribution is -2.45. The molecule has 2 nitrogen and oxygen atoms in total. The van der Waals surface area contributed by atoms with Gasteiger partial charge in [-0.25, -0.2) is 0 Å². The van der Waals surface area contributed by atoms with Crippen LogP contribution >= 0.6 is 15.9 Å². The molecule has 0 saturated heterocycles. The molecule has 1 aromatic carbocycles. The lowest BCUT2D eigenvalue weighted by atomic mass is 9.74. The van der Waals surface area contributed by atoms with E-state index in [1.165, 1.54) is 12.8 Å². The van der Waals surface area contributed by atoms with Gasteiger partial charge in [0.1, 0.15) is 0 Å². The summed E-state index contributed by atoms with van der Waals surface area (Å²) < 4.78 is 0.993. The Bertz CT molecular complexity index is 512. The van der Waals surface area contributed by atoms with Gasteiger partial charge in [-0.3, -0.25) is 4.79 Å². The molecule has 1 aliphatic carbocycles. The van der Waals surface area contributed by atoms with Gasteiger partial charge < -0.3 is 5.32 Å². The molecular weight excluding hydrogens is 326 g/mol. The van der Waals surface area contributed by atoms with Crippen molar-refractivity contribution < 1.29 is 4.79 Å². The van der Waals surface area contributed by atoms with Crippen molar-refractivity contribution in [1.29, 1.82) is 0 Å². The largest absolute Gasteiger partial charge is 0.349 e. The third kappa shape index (κ3) is 4.09. The van der Waals surface area contributed by atoms with Crippen LogP contribution in [0.25, 0.3) is 0 Å². The summed E-state index contributed by atoms with van der Waals surface area (Å²) in [5, 5.41) is 3.28. The maximum atomic E-state index is 12.5. The quantitative estimate of drug-likeness (QED) is 0.820. The van der Waals surface area contributed by atoms with Crippen molar-refractivity contribution in [2.75, 3.05) is 0 Å². The van der Waals surface area contributed by atoms with Crippen molar-refractivity contribution in [2.45, 2.75) is 53.0 Å². The van der Waals surface area contributed by atoms with E-state index in [1.54, 1.807) is 0 Å². The molecule has 0 radical (unpaired) electrons. The van der Waals surface area contributed by atoms with Crippen molar-refractivity contribution in [3.63, 3.8) is 0 Å². The van der Waals surface area contributed by atoms with Crippen LogP contribution in [0.5, 0.6) is 0 Å². The molecule has 1 aromatic rings. The molecule has 1 fully saturated rings. The Morgan fingerprint density at radius 2 is 2.05 bits per heavy atom. The van der Waals surface area contributed by atoms with Crippen molar-refractivity contribution in [2.24, 2.45) is 17.8 Å². The predicted octanol–water partition coefficient (Wildman–Crippen LogP) is 4.95. The first-order valence-electron chi connectivity index (χ1n) is 7.95. The van der Waals surface area contributed by atoms with Crippen LogP contribution < -0.4 is 5.32 Å². The minimum absolute atomic E-state index is 0.0560. The molecule has 1 N–H and O–H groups in total. The minimum Gasteiger partial charge on any atom is -0.349 e. The van der Waals surface area contributed by atoms with Gasteiger partial charge in [0.25, 0.3) is 5.91 Å². The zero-order valence-corrected chi connectivity index (χ0v) is 15.0. The van der Waals surface area contributed by atoms with Crippen molar-refractivity contribution >= 4 is 21.8 Å². The second-order valence-electron chi connectivity index (χ2n) is 6.87. The first-order valence-corrected chi connectivity index (χ1v) is 8.74. The van der Waals surface area contributed by atoms with Gasteiger partial charge in [-0.15, -0.1) is 0 Å². The third-order valence-corrected chi connectivity index (χ3v) is 5.63. The van der Waals surface area contributed by atoms with Gasteiger partial charge in [0, 0.05) is 16.1 Å².